The largest absolute Gasteiger partial charge is 0.376 e. The van der Waals surface area contributed by atoms with Crippen LogP contribution in [-0.2, 0) is 22.6 Å². The Labute approximate surface area is 203 Å². The van der Waals surface area contributed by atoms with E-state index >= 15 is 0 Å². The Bertz CT molecular complexity index is 730. The van der Waals surface area contributed by atoms with Crippen molar-refractivity contribution in [1.29, 1.82) is 0 Å². The van der Waals surface area contributed by atoms with Gasteiger partial charge in [-0.2, -0.15) is 0 Å². The predicted molar refractivity (Wildman–Crippen MR) is 135 cm³/mol. The molecular formula is C23H38IN5O2. The fourth-order valence-corrected chi connectivity index (χ4v) is 4.42. The maximum absolute atomic E-state index is 11.3. The zero-order chi connectivity index (χ0) is 21.3. The molecule has 1 amide bonds. The Kier molecular flexibility index (Phi) is 11.0. The van der Waals surface area contributed by atoms with Crippen LogP contribution in [0.25, 0.3) is 0 Å². The summed E-state index contributed by atoms with van der Waals surface area (Å²) in [4.78, 5) is 21.0. The van der Waals surface area contributed by atoms with E-state index in [0.717, 1.165) is 64.7 Å². The molecule has 2 saturated heterocycles. The second kappa shape index (κ2) is 13.2. The van der Waals surface area contributed by atoms with E-state index < -0.39 is 0 Å². The SMILES string of the molecule is CCNC(=NCc1cccc(CN2CCOC(C)C2)c1)N1CCCC(CC(N)=O)C1.I. The highest BCUT2D eigenvalue weighted by Gasteiger charge is 2.23. The smallest absolute Gasteiger partial charge is 0.217 e. The molecular weight excluding hydrogens is 505 g/mol. The van der Waals surface area contributed by atoms with Crippen molar-refractivity contribution in [2.75, 3.05) is 39.3 Å². The van der Waals surface area contributed by atoms with Crippen LogP contribution in [-0.4, -0.2) is 67.1 Å². The molecule has 0 aliphatic carbocycles. The van der Waals surface area contributed by atoms with Crippen molar-refractivity contribution in [2.45, 2.75) is 52.3 Å². The molecule has 0 saturated carbocycles. The third-order valence-electron chi connectivity index (χ3n) is 5.78. The van der Waals surface area contributed by atoms with Crippen LogP contribution in [0.4, 0.5) is 0 Å². The Hall–Kier alpha value is -1.39. The Morgan fingerprint density at radius 3 is 2.84 bits per heavy atom. The first-order chi connectivity index (χ1) is 14.5. The lowest BCUT2D eigenvalue weighted by atomic mass is 9.95. The lowest BCUT2D eigenvalue weighted by Gasteiger charge is -2.34. The Morgan fingerprint density at radius 1 is 1.29 bits per heavy atom. The molecule has 0 radical (unpaired) electrons. The van der Waals surface area contributed by atoms with Crippen LogP contribution < -0.4 is 11.1 Å². The molecule has 2 aliphatic rings. The molecule has 0 aromatic heterocycles. The molecule has 0 bridgehead atoms. The fraction of sp³-hybridized carbons (Fsp3) is 0.652. The number of halogens is 1. The minimum absolute atomic E-state index is 0. The number of nitrogens with zero attached hydrogens (tertiary/aromatic N) is 3. The first-order valence-corrected chi connectivity index (χ1v) is 11.3. The second-order valence-corrected chi connectivity index (χ2v) is 8.53. The summed E-state index contributed by atoms with van der Waals surface area (Å²) in [6.07, 6.45) is 2.88. The quantitative estimate of drug-likeness (QED) is 0.314. The molecule has 7 nitrogen and oxygen atoms in total. The molecule has 3 rings (SSSR count). The number of carbonyl (C=O) groups is 1. The van der Waals surface area contributed by atoms with Gasteiger partial charge in [0.25, 0.3) is 0 Å². The average molecular weight is 543 g/mol. The maximum Gasteiger partial charge on any atom is 0.217 e. The number of piperidine rings is 1. The van der Waals surface area contributed by atoms with Gasteiger partial charge in [0.2, 0.25) is 5.91 Å². The third kappa shape index (κ3) is 8.57. The van der Waals surface area contributed by atoms with Crippen LogP contribution in [0.15, 0.2) is 29.3 Å². The molecule has 2 unspecified atom stereocenters. The highest BCUT2D eigenvalue weighted by atomic mass is 127. The number of amides is 1. The summed E-state index contributed by atoms with van der Waals surface area (Å²) in [5.74, 6) is 1.04. The zero-order valence-electron chi connectivity index (χ0n) is 18.9. The van der Waals surface area contributed by atoms with E-state index in [1.807, 2.05) is 0 Å². The third-order valence-corrected chi connectivity index (χ3v) is 5.78. The van der Waals surface area contributed by atoms with E-state index in [1.165, 1.54) is 11.1 Å². The Balaban J connectivity index is 0.00000341. The van der Waals surface area contributed by atoms with Gasteiger partial charge >= 0.3 is 0 Å². The van der Waals surface area contributed by atoms with E-state index in [4.69, 9.17) is 15.5 Å². The first-order valence-electron chi connectivity index (χ1n) is 11.3. The summed E-state index contributed by atoms with van der Waals surface area (Å²) in [5, 5.41) is 3.42. The standard InChI is InChI=1S/C23H37N5O2.HI/c1-3-25-23(28-9-5-8-21(17-28)13-22(24)29)26-14-19-6-4-7-20(12-19)16-27-10-11-30-18(2)15-27;/h4,6-7,12,18,21H,3,5,8-11,13-17H2,1-2H3,(H2,24,29)(H,25,26);1H. The summed E-state index contributed by atoms with van der Waals surface area (Å²) >= 11 is 0. The number of nitrogens with one attached hydrogen (secondary N) is 1. The molecule has 2 heterocycles. The monoisotopic (exact) mass is 543 g/mol. The highest BCUT2D eigenvalue weighted by Crippen LogP contribution is 2.20. The number of rotatable bonds is 7. The van der Waals surface area contributed by atoms with E-state index in [2.05, 4.69) is 53.2 Å². The number of hydrogen-bond acceptors (Lipinski definition) is 4. The maximum atomic E-state index is 11.3. The summed E-state index contributed by atoms with van der Waals surface area (Å²) in [5.41, 5.74) is 7.95. The number of primary amides is 1. The van der Waals surface area contributed by atoms with Gasteiger partial charge in [-0.1, -0.05) is 24.3 Å². The van der Waals surface area contributed by atoms with Crippen molar-refractivity contribution >= 4 is 35.8 Å². The second-order valence-electron chi connectivity index (χ2n) is 8.53. The molecule has 0 spiro atoms. The van der Waals surface area contributed by atoms with Gasteiger partial charge in [0, 0.05) is 45.7 Å². The van der Waals surface area contributed by atoms with Crippen molar-refractivity contribution in [3.63, 3.8) is 0 Å². The van der Waals surface area contributed by atoms with E-state index in [0.29, 0.717) is 25.0 Å². The van der Waals surface area contributed by atoms with Crippen LogP contribution in [0.1, 0.15) is 44.2 Å². The highest BCUT2D eigenvalue weighted by molar-refractivity contribution is 14.0. The van der Waals surface area contributed by atoms with E-state index in [9.17, 15) is 4.79 Å². The average Bonchev–Trinajstić information content (AvgIpc) is 2.71. The van der Waals surface area contributed by atoms with Crippen LogP contribution in [0.5, 0.6) is 0 Å². The van der Waals surface area contributed by atoms with Gasteiger partial charge in [-0.3, -0.25) is 9.69 Å². The van der Waals surface area contributed by atoms with Gasteiger partial charge < -0.3 is 20.7 Å². The normalized spacial score (nSPS) is 22.6. The molecule has 2 aliphatic heterocycles. The number of guanidine groups is 1. The molecule has 2 atom stereocenters. The van der Waals surface area contributed by atoms with Crippen molar-refractivity contribution < 1.29 is 9.53 Å². The summed E-state index contributed by atoms with van der Waals surface area (Å²) in [7, 11) is 0. The van der Waals surface area contributed by atoms with Gasteiger partial charge in [0.1, 0.15) is 0 Å². The number of likely N-dealkylation sites (tertiary alicyclic amines) is 1. The molecule has 1 aromatic rings. The van der Waals surface area contributed by atoms with E-state index in [-0.39, 0.29) is 29.9 Å². The van der Waals surface area contributed by atoms with E-state index in [1.54, 1.807) is 0 Å². The number of nitrogens with two attached hydrogens (primary N) is 1. The van der Waals surface area contributed by atoms with Crippen LogP contribution >= 0.6 is 24.0 Å². The van der Waals surface area contributed by atoms with Crippen molar-refractivity contribution in [3.05, 3.63) is 35.4 Å². The summed E-state index contributed by atoms with van der Waals surface area (Å²) in [6.45, 7) is 11.2. The minimum Gasteiger partial charge on any atom is -0.376 e. The number of hydrogen-bond donors (Lipinski definition) is 2. The van der Waals surface area contributed by atoms with Gasteiger partial charge in [-0.25, -0.2) is 4.99 Å². The summed E-state index contributed by atoms with van der Waals surface area (Å²) < 4.78 is 5.65. The predicted octanol–water partition coefficient (Wildman–Crippen LogP) is 2.58. The van der Waals surface area contributed by atoms with Crippen molar-refractivity contribution in [1.82, 2.24) is 15.1 Å². The first kappa shape index (κ1) is 25.9. The van der Waals surface area contributed by atoms with Gasteiger partial charge in [-0.15, -0.1) is 24.0 Å². The lowest BCUT2D eigenvalue weighted by molar-refractivity contribution is -0.119. The van der Waals surface area contributed by atoms with Gasteiger partial charge in [0.05, 0.1) is 19.3 Å². The van der Waals surface area contributed by atoms with Crippen molar-refractivity contribution in [2.24, 2.45) is 16.6 Å². The molecule has 2 fully saturated rings. The van der Waals surface area contributed by atoms with Crippen LogP contribution in [0.2, 0.25) is 0 Å². The number of benzene rings is 1. The van der Waals surface area contributed by atoms with Gasteiger partial charge in [-0.05, 0) is 43.7 Å². The Morgan fingerprint density at radius 2 is 2.10 bits per heavy atom. The number of ether oxygens (including phenoxy) is 1. The molecule has 8 heteroatoms. The number of aliphatic imine (C=N–C) groups is 1. The molecule has 1 aromatic carbocycles. The number of morpholine rings is 1. The van der Waals surface area contributed by atoms with Crippen LogP contribution in [0.3, 0.4) is 0 Å². The lowest BCUT2D eigenvalue weighted by Crippen LogP contribution is -2.47. The molecule has 31 heavy (non-hydrogen) atoms. The topological polar surface area (TPSA) is 83.2 Å². The van der Waals surface area contributed by atoms with Crippen molar-refractivity contribution in [3.8, 4) is 0 Å². The molecule has 174 valence electrons. The zero-order valence-corrected chi connectivity index (χ0v) is 21.2. The summed E-state index contributed by atoms with van der Waals surface area (Å²) in [6, 6.07) is 8.72. The minimum atomic E-state index is -0.213. The van der Waals surface area contributed by atoms with Crippen LogP contribution in [0, 0.1) is 5.92 Å². The number of carbonyl (C=O) groups excluding carboxylic acids is 1. The molecule has 3 N–H and O–H groups in total. The fourth-order valence-electron chi connectivity index (χ4n) is 4.42. The van der Waals surface area contributed by atoms with Gasteiger partial charge in [0.15, 0.2) is 5.96 Å².